The molecule has 0 saturated carbocycles. The van der Waals surface area contributed by atoms with Crippen LogP contribution in [-0.2, 0) is 43.3 Å². The molecule has 578 valence electrons. The van der Waals surface area contributed by atoms with Gasteiger partial charge in [0.1, 0.15) is 0 Å². The highest BCUT2D eigenvalue weighted by Crippen LogP contribution is 2.50. The van der Waals surface area contributed by atoms with Gasteiger partial charge in [-0.1, -0.05) is 215 Å². The van der Waals surface area contributed by atoms with Gasteiger partial charge in [-0.15, -0.1) is 0 Å². The van der Waals surface area contributed by atoms with Crippen LogP contribution in [0.5, 0.6) is 0 Å². The van der Waals surface area contributed by atoms with Crippen molar-refractivity contribution in [3.63, 3.8) is 0 Å². The van der Waals surface area contributed by atoms with Gasteiger partial charge in [-0.25, -0.2) is 9.80 Å². The van der Waals surface area contributed by atoms with Crippen LogP contribution in [0, 0.1) is 13.8 Å². The number of imide groups is 2. The minimum atomic E-state index is -0.472. The van der Waals surface area contributed by atoms with Crippen molar-refractivity contribution in [1.82, 2.24) is 18.3 Å². The Morgan fingerprint density at radius 1 is 0.184 bits per heavy atom. The van der Waals surface area contributed by atoms with Gasteiger partial charge < -0.3 is 18.3 Å². The maximum absolute atomic E-state index is 16.1. The fourth-order valence-electron chi connectivity index (χ4n) is 17.8. The zero-order chi connectivity index (χ0) is 81.8. The molecule has 11 aromatic carbocycles. The van der Waals surface area contributed by atoms with Gasteiger partial charge in [0.05, 0.1) is 101 Å². The molecule has 0 aliphatic carbocycles. The number of aromatic nitrogens is 4. The predicted molar refractivity (Wildman–Crippen MR) is 478 cm³/mol. The molecule has 0 atom stereocenters. The molecule has 0 radical (unpaired) electrons. The third-order valence-electron chi connectivity index (χ3n) is 24.9. The van der Waals surface area contributed by atoms with Crippen molar-refractivity contribution in [1.29, 1.82) is 0 Å². The zero-order valence-electron chi connectivity index (χ0n) is 71.6. The van der Waals surface area contributed by atoms with E-state index in [4.69, 9.17) is 0 Å². The van der Waals surface area contributed by atoms with Crippen LogP contribution in [0.25, 0.3) is 110 Å². The molecule has 0 bridgehead atoms. The molecule has 0 spiro atoms. The summed E-state index contributed by atoms with van der Waals surface area (Å²) in [6, 6.07) is 65.8. The topological polar surface area (TPSA) is 94.5 Å². The van der Waals surface area contributed by atoms with Gasteiger partial charge in [-0.3, -0.25) is 19.2 Å². The van der Waals surface area contributed by atoms with Crippen molar-refractivity contribution in [2.75, 3.05) is 9.80 Å². The molecular formula is C104H108N6O4. The first kappa shape index (κ1) is 75.6. The minimum absolute atomic E-state index is 0.151. The van der Waals surface area contributed by atoms with E-state index in [0.29, 0.717) is 22.5 Å². The molecular weight excluding hydrogens is 1400 g/mol. The number of hydrogen-bond donors (Lipinski definition) is 0. The highest BCUT2D eigenvalue weighted by Gasteiger charge is 2.44. The summed E-state index contributed by atoms with van der Waals surface area (Å²) in [5, 5.41) is 8.75. The van der Waals surface area contributed by atoms with Crippen LogP contribution in [-0.4, -0.2) is 41.9 Å². The Balaban J connectivity index is 0.853. The SMILES string of the molecule is Cc1cc(N2C(=O)c3cc(-n4c5ccc(C(C)(C)C)cc5c5cc(C(C)(C)C)ccc54)c(-n4c5ccc(C(C)(C)C)cc5c5cc(C(C)(C)C)ccc54)cc3C2=O)c(C)cc1N1C(=O)c2cc(-n3c4ccc(C(C)(C)C)cc4c4cc(C(C)(C)C)ccc43)c(-n3c4ccc(C(C)(C)C)cc4c4cc(C(C)(C)C)ccc43)cc2C1=O. The number of carbonyl (C=O) groups is 4. The number of hydrogen-bond acceptors (Lipinski definition) is 4. The average molecular weight is 1510 g/mol. The summed E-state index contributed by atoms with van der Waals surface area (Å²) in [5.74, 6) is -1.89. The molecule has 2 aliphatic heterocycles. The van der Waals surface area contributed by atoms with Crippen LogP contribution in [0.3, 0.4) is 0 Å². The summed E-state index contributed by atoms with van der Waals surface area (Å²) in [5.41, 5.74) is 22.0. The Bertz CT molecular complexity index is 5720. The number of anilines is 2. The van der Waals surface area contributed by atoms with Gasteiger partial charge in [0, 0.05) is 43.1 Å². The van der Waals surface area contributed by atoms with Crippen molar-refractivity contribution >= 4 is 122 Å². The van der Waals surface area contributed by atoms with E-state index in [1.165, 1.54) is 54.3 Å². The lowest BCUT2D eigenvalue weighted by molar-refractivity contribution is 0.0909. The molecule has 17 rings (SSSR count). The van der Waals surface area contributed by atoms with Crippen LogP contribution in [0.1, 0.15) is 263 Å². The molecule has 15 aromatic rings. The predicted octanol–water partition coefficient (Wildman–Crippen LogP) is 26.7. The molecule has 10 nitrogen and oxygen atoms in total. The Morgan fingerprint density at radius 3 is 0.456 bits per heavy atom. The number of amides is 4. The van der Waals surface area contributed by atoms with Crippen molar-refractivity contribution < 1.29 is 19.2 Å². The molecule has 4 aromatic heterocycles. The van der Waals surface area contributed by atoms with Crippen LogP contribution in [0.4, 0.5) is 11.4 Å². The van der Waals surface area contributed by atoms with E-state index in [1.54, 1.807) is 12.1 Å². The van der Waals surface area contributed by atoms with Crippen LogP contribution in [0.2, 0.25) is 0 Å². The summed E-state index contributed by atoms with van der Waals surface area (Å²) in [7, 11) is 0. The summed E-state index contributed by atoms with van der Waals surface area (Å²) in [4.78, 5) is 67.0. The second kappa shape index (κ2) is 24.7. The first-order valence-corrected chi connectivity index (χ1v) is 40.7. The van der Waals surface area contributed by atoms with Crippen LogP contribution in [0.15, 0.2) is 182 Å². The highest BCUT2D eigenvalue weighted by molar-refractivity contribution is 6.37. The number of nitrogens with zero attached hydrogens (tertiary/aromatic N) is 6. The average Bonchev–Trinajstić information content (AvgIpc) is 1.55. The Labute approximate surface area is 671 Å². The van der Waals surface area contributed by atoms with Crippen LogP contribution < -0.4 is 9.80 Å². The van der Waals surface area contributed by atoms with E-state index in [-0.39, 0.29) is 65.6 Å². The molecule has 4 amide bonds. The second-order valence-corrected chi connectivity index (χ2v) is 41.3. The van der Waals surface area contributed by atoms with E-state index in [9.17, 15) is 0 Å². The summed E-state index contributed by atoms with van der Waals surface area (Å²) < 4.78 is 9.24. The number of benzene rings is 11. The molecule has 2 aliphatic rings. The fourth-order valence-corrected chi connectivity index (χ4v) is 17.8. The minimum Gasteiger partial charge on any atom is -0.307 e. The van der Waals surface area contributed by atoms with E-state index in [2.05, 4.69) is 330 Å². The van der Waals surface area contributed by atoms with Crippen molar-refractivity contribution in [3.8, 4) is 22.7 Å². The molecule has 10 heteroatoms. The van der Waals surface area contributed by atoms with Gasteiger partial charge in [-0.2, -0.15) is 0 Å². The number of rotatable bonds is 6. The quantitative estimate of drug-likeness (QED) is 0.155. The molecule has 0 saturated heterocycles. The monoisotopic (exact) mass is 1500 g/mol. The van der Waals surface area contributed by atoms with Crippen molar-refractivity contribution in [2.24, 2.45) is 0 Å². The Morgan fingerprint density at radius 2 is 0.325 bits per heavy atom. The lowest BCUT2D eigenvalue weighted by atomic mass is 9.85. The molecule has 0 N–H and O–H groups in total. The van der Waals surface area contributed by atoms with E-state index < -0.39 is 23.6 Å². The number of carbonyl (C=O) groups excluding carboxylic acids is 4. The summed E-state index contributed by atoms with van der Waals surface area (Å²) in [6.07, 6.45) is 0. The standard InChI is InChI=1S/C104H108N6O4/c1-57-43-88(110-95(113)77-55-91(107-83-39-31-63(101(15,16)17)49-71(83)72-50-64(102(18,19)20)32-40-84(72)107)92(56-78(77)96(110)114)108-85-41-33-65(103(21,22)23)51-73(85)74-52-66(104(24,25)26)34-42-86(74)108)58(2)44-87(57)109-93(111)75-53-89(105-79-35-27-59(97(3,4)5)45-67(79)68-46-60(98(6,7)8)28-36-80(68)105)90(54-76(75)94(109)112)106-81-37-29-61(99(9,10)11)47-69(81)70-48-62(100(12,13)14)30-38-82(70)106/h27-56H,1-26H3. The van der Waals surface area contributed by atoms with Gasteiger partial charge in [0.25, 0.3) is 23.6 Å². The maximum atomic E-state index is 16.1. The van der Waals surface area contributed by atoms with Crippen molar-refractivity contribution in [3.05, 3.63) is 260 Å². The lowest BCUT2D eigenvalue weighted by Crippen LogP contribution is -2.32. The van der Waals surface area contributed by atoms with E-state index in [0.717, 1.165) is 110 Å². The largest absolute Gasteiger partial charge is 0.307 e. The molecule has 0 fully saturated rings. The van der Waals surface area contributed by atoms with Gasteiger partial charge >= 0.3 is 0 Å². The first-order chi connectivity index (χ1) is 53.1. The fraction of sp³-hybridized carbons (Fsp3) is 0.327. The van der Waals surface area contributed by atoms with Crippen LogP contribution >= 0.6 is 0 Å². The summed E-state index contributed by atoms with van der Waals surface area (Å²) in [6.45, 7) is 57.7. The summed E-state index contributed by atoms with van der Waals surface area (Å²) >= 11 is 0. The number of fused-ring (bicyclic) bond motifs is 14. The van der Waals surface area contributed by atoms with E-state index in [1.807, 2.05) is 38.1 Å². The second-order valence-electron chi connectivity index (χ2n) is 41.3. The molecule has 6 heterocycles. The smallest absolute Gasteiger partial charge is 0.266 e. The highest BCUT2D eigenvalue weighted by atomic mass is 16.2. The third kappa shape index (κ3) is 11.7. The normalized spacial score (nSPS) is 14.4. The van der Waals surface area contributed by atoms with Gasteiger partial charge in [0.2, 0.25) is 0 Å². The zero-order valence-corrected chi connectivity index (χ0v) is 71.6. The third-order valence-corrected chi connectivity index (χ3v) is 24.9. The van der Waals surface area contributed by atoms with E-state index >= 15 is 19.2 Å². The maximum Gasteiger partial charge on any atom is 0.266 e. The van der Waals surface area contributed by atoms with Gasteiger partial charge in [-0.05, 0) is 246 Å². The molecule has 0 unspecified atom stereocenters. The molecule has 114 heavy (non-hydrogen) atoms. The Hall–Kier alpha value is -11.1. The lowest BCUT2D eigenvalue weighted by Gasteiger charge is -2.22. The van der Waals surface area contributed by atoms with Gasteiger partial charge in [0.15, 0.2) is 0 Å². The number of aryl methyl sites for hydroxylation is 2. The van der Waals surface area contributed by atoms with Crippen molar-refractivity contribution in [2.45, 2.75) is 223 Å². The first-order valence-electron chi connectivity index (χ1n) is 40.7. The Kier molecular flexibility index (Phi) is 16.4.